The smallest absolute Gasteiger partial charge is 0.221 e. The quantitative estimate of drug-likeness (QED) is 0.375. The summed E-state index contributed by atoms with van der Waals surface area (Å²) in [4.78, 5) is 10.2. The number of anilines is 2. The van der Waals surface area contributed by atoms with Crippen molar-refractivity contribution in [3.8, 4) is 11.1 Å². The normalized spacial score (nSPS) is 17.8. The van der Waals surface area contributed by atoms with Crippen LogP contribution in [0.1, 0.15) is 24.3 Å². The predicted molar refractivity (Wildman–Crippen MR) is 135 cm³/mol. The predicted octanol–water partition coefficient (Wildman–Crippen LogP) is 2.39. The molecule has 1 aliphatic rings. The fraction of sp³-hybridized carbons (Fsp3) is 0.375. The average Bonchev–Trinajstić information content (AvgIpc) is 3.25. The molecule has 1 saturated heterocycles. The first kappa shape index (κ1) is 24.8. The van der Waals surface area contributed by atoms with E-state index in [1.54, 1.807) is 24.3 Å². The van der Waals surface area contributed by atoms with E-state index in [0.29, 0.717) is 36.7 Å². The summed E-state index contributed by atoms with van der Waals surface area (Å²) in [6.45, 7) is 8.46. The molecule has 0 radical (unpaired) electrons. The highest BCUT2D eigenvalue weighted by Gasteiger charge is 2.33. The highest BCUT2D eigenvalue weighted by Crippen LogP contribution is 2.29. The molecule has 0 amide bonds. The molecule has 3 aromatic rings. The molecule has 2 unspecified atom stereocenters. The molecular formula is C24H31N7O3S. The van der Waals surface area contributed by atoms with Crippen molar-refractivity contribution in [3.63, 3.8) is 0 Å². The van der Waals surface area contributed by atoms with Gasteiger partial charge in [0.25, 0.3) is 0 Å². The summed E-state index contributed by atoms with van der Waals surface area (Å²) >= 11 is 0. The third-order valence-corrected chi connectivity index (χ3v) is 8.23. The van der Waals surface area contributed by atoms with Gasteiger partial charge in [-0.1, -0.05) is 23.4 Å². The maximum atomic E-state index is 13.5. The maximum absolute atomic E-state index is 13.5. The van der Waals surface area contributed by atoms with Crippen molar-refractivity contribution in [1.29, 1.82) is 0 Å². The molecule has 0 saturated carbocycles. The molecule has 186 valence electrons. The number of nitrogens with two attached hydrogens (primary N) is 2. The number of rotatable bonds is 9. The summed E-state index contributed by atoms with van der Waals surface area (Å²) in [6.07, 6.45) is 5.00. The average molecular weight is 498 g/mol. The number of likely N-dealkylation sites (tertiary alicyclic amines) is 1. The first-order valence-electron chi connectivity index (χ1n) is 11.5. The van der Waals surface area contributed by atoms with E-state index < -0.39 is 15.2 Å². The molecule has 10 nitrogen and oxygen atoms in total. The van der Waals surface area contributed by atoms with E-state index in [-0.39, 0.29) is 16.7 Å². The van der Waals surface area contributed by atoms with Crippen molar-refractivity contribution in [3.05, 3.63) is 60.6 Å². The maximum Gasteiger partial charge on any atom is 0.221 e. The number of nitrogens with one attached hydrogen (secondary N) is 1. The van der Waals surface area contributed by atoms with Gasteiger partial charge in [0.15, 0.2) is 9.84 Å². The molecule has 35 heavy (non-hydrogen) atoms. The number of hydrogen-bond acceptors (Lipinski definition) is 10. The van der Waals surface area contributed by atoms with Gasteiger partial charge in [0, 0.05) is 30.9 Å². The van der Waals surface area contributed by atoms with Gasteiger partial charge < -0.3 is 21.3 Å². The molecule has 4 rings (SSSR count). The number of benzene rings is 1. The Morgan fingerprint density at radius 2 is 2.09 bits per heavy atom. The minimum Gasteiger partial charge on any atom is -0.383 e. The summed E-state index contributed by atoms with van der Waals surface area (Å²) in [6, 6.07) is 8.47. The number of sulfone groups is 1. The molecule has 1 fully saturated rings. The number of nitrogens with zero attached hydrogens (tertiary/aromatic N) is 4. The van der Waals surface area contributed by atoms with Crippen molar-refractivity contribution < 1.29 is 12.9 Å². The van der Waals surface area contributed by atoms with Gasteiger partial charge in [-0.15, -0.1) is 6.58 Å². The Labute approximate surface area is 205 Å². The Morgan fingerprint density at radius 3 is 2.74 bits per heavy atom. The van der Waals surface area contributed by atoms with Gasteiger partial charge in [-0.3, -0.25) is 4.90 Å². The second-order valence-electron chi connectivity index (χ2n) is 8.79. The molecule has 1 aliphatic heterocycles. The summed E-state index contributed by atoms with van der Waals surface area (Å²) in [7, 11) is -3.67. The summed E-state index contributed by atoms with van der Waals surface area (Å²) < 4.78 is 32.1. The Balaban J connectivity index is 1.43. The Bertz CT molecular complexity index is 1270. The van der Waals surface area contributed by atoms with Crippen molar-refractivity contribution in [2.75, 3.05) is 31.1 Å². The summed E-state index contributed by atoms with van der Waals surface area (Å²) in [5.74, 6) is 1.43. The lowest BCUT2D eigenvalue weighted by atomic mass is 9.98. The van der Waals surface area contributed by atoms with Crippen LogP contribution in [0.25, 0.3) is 11.1 Å². The first-order chi connectivity index (χ1) is 16.8. The van der Waals surface area contributed by atoms with Crippen LogP contribution in [0.4, 0.5) is 11.8 Å². The van der Waals surface area contributed by atoms with Gasteiger partial charge in [0.05, 0.1) is 10.6 Å². The van der Waals surface area contributed by atoms with Crippen LogP contribution < -0.4 is 16.8 Å². The first-order valence-corrected chi connectivity index (χ1v) is 13.0. The van der Waals surface area contributed by atoms with Crippen LogP contribution in [0.3, 0.4) is 0 Å². The molecular weight excluding hydrogens is 466 g/mol. The summed E-state index contributed by atoms with van der Waals surface area (Å²) in [5.41, 5.74) is 13.7. The molecule has 2 atom stereocenters. The number of aromatic nitrogens is 3. The number of aryl methyl sites for hydroxylation is 1. The van der Waals surface area contributed by atoms with E-state index in [1.165, 1.54) is 12.3 Å². The lowest BCUT2D eigenvalue weighted by Crippen LogP contribution is -2.47. The lowest BCUT2D eigenvalue weighted by Gasteiger charge is -2.36. The zero-order valence-corrected chi connectivity index (χ0v) is 20.5. The molecule has 0 spiro atoms. The largest absolute Gasteiger partial charge is 0.383 e. The van der Waals surface area contributed by atoms with Crippen LogP contribution in [0.2, 0.25) is 0 Å². The van der Waals surface area contributed by atoms with E-state index in [2.05, 4.69) is 27.0 Å². The van der Waals surface area contributed by atoms with Crippen molar-refractivity contribution in [1.82, 2.24) is 25.3 Å². The van der Waals surface area contributed by atoms with E-state index in [1.807, 2.05) is 17.9 Å². The fourth-order valence-electron chi connectivity index (χ4n) is 4.47. The van der Waals surface area contributed by atoms with Crippen LogP contribution in [0, 0.1) is 12.8 Å². The second-order valence-corrected chi connectivity index (χ2v) is 10.8. The molecule has 5 N–H and O–H groups in total. The van der Waals surface area contributed by atoms with Gasteiger partial charge in [0.1, 0.15) is 17.0 Å². The Morgan fingerprint density at radius 1 is 1.31 bits per heavy atom. The summed E-state index contributed by atoms with van der Waals surface area (Å²) in [5, 5.41) is 6.60. The Kier molecular flexibility index (Phi) is 7.48. The van der Waals surface area contributed by atoms with Gasteiger partial charge in [-0.05, 0) is 56.5 Å². The standard InChI is InChI=1S/C24H31N7O3S/c1-3-22(31-10-4-5-17(15-31)12-27-13-19-11-16(2)34-30-19)35(32,33)20-8-6-18(7-9-20)21-14-28-24(26)29-23(21)25/h3,6-9,11,14,17,22,27H,1,4-5,10,12-13,15H2,2H3,(H4,25,26,28,29). The fourth-order valence-corrected chi connectivity index (χ4v) is 6.10. The van der Waals surface area contributed by atoms with Crippen LogP contribution in [-0.2, 0) is 16.4 Å². The second kappa shape index (κ2) is 10.5. The number of nitrogen functional groups attached to an aromatic ring is 2. The van der Waals surface area contributed by atoms with Crippen LogP contribution in [-0.4, -0.2) is 53.5 Å². The van der Waals surface area contributed by atoms with Crippen molar-refractivity contribution in [2.24, 2.45) is 5.92 Å². The van der Waals surface area contributed by atoms with Gasteiger partial charge in [0.2, 0.25) is 5.95 Å². The van der Waals surface area contributed by atoms with Crippen LogP contribution in [0.15, 0.2) is 58.6 Å². The topological polar surface area (TPSA) is 153 Å². The van der Waals surface area contributed by atoms with Gasteiger partial charge in [-0.2, -0.15) is 4.98 Å². The third-order valence-electron chi connectivity index (χ3n) is 6.18. The molecule has 2 aromatic heterocycles. The van der Waals surface area contributed by atoms with E-state index >= 15 is 0 Å². The van der Waals surface area contributed by atoms with Crippen LogP contribution >= 0.6 is 0 Å². The SMILES string of the molecule is C=CC(N1CCCC(CNCc2cc(C)on2)C1)S(=O)(=O)c1ccc(-c2cnc(N)nc2N)cc1. The van der Waals surface area contributed by atoms with Gasteiger partial charge in [-0.25, -0.2) is 13.4 Å². The van der Waals surface area contributed by atoms with Crippen molar-refractivity contribution in [2.45, 2.75) is 36.6 Å². The monoisotopic (exact) mass is 497 g/mol. The highest BCUT2D eigenvalue weighted by molar-refractivity contribution is 7.92. The Hall–Kier alpha value is -3.28. The molecule has 3 heterocycles. The number of piperidine rings is 1. The van der Waals surface area contributed by atoms with E-state index in [0.717, 1.165) is 30.8 Å². The molecule has 0 bridgehead atoms. The molecule has 0 aliphatic carbocycles. The number of hydrogen-bond donors (Lipinski definition) is 3. The molecule has 11 heteroatoms. The highest BCUT2D eigenvalue weighted by atomic mass is 32.2. The van der Waals surface area contributed by atoms with E-state index in [4.69, 9.17) is 16.0 Å². The zero-order valence-electron chi connectivity index (χ0n) is 19.7. The van der Waals surface area contributed by atoms with Crippen LogP contribution in [0.5, 0.6) is 0 Å². The minimum atomic E-state index is -3.67. The van der Waals surface area contributed by atoms with Gasteiger partial charge >= 0.3 is 0 Å². The third kappa shape index (κ3) is 5.69. The van der Waals surface area contributed by atoms with E-state index in [9.17, 15) is 8.42 Å². The lowest BCUT2D eigenvalue weighted by molar-refractivity contribution is 0.172. The van der Waals surface area contributed by atoms with Crippen molar-refractivity contribution >= 4 is 21.6 Å². The molecule has 1 aromatic carbocycles. The zero-order chi connectivity index (χ0) is 25.0. The minimum absolute atomic E-state index is 0.0857.